The van der Waals surface area contributed by atoms with E-state index in [0.717, 1.165) is 22.4 Å². The minimum atomic E-state index is -0.545. The first-order chi connectivity index (χ1) is 18.4. The van der Waals surface area contributed by atoms with E-state index < -0.39 is 18.6 Å². The Bertz CT molecular complexity index is 1490. The molecule has 2 bridgehead atoms. The summed E-state index contributed by atoms with van der Waals surface area (Å²) in [7, 11) is 0. The van der Waals surface area contributed by atoms with Gasteiger partial charge in [0.1, 0.15) is 30.5 Å². The molecule has 0 aliphatic carbocycles. The molecule has 4 aromatic rings. The van der Waals surface area contributed by atoms with Crippen molar-refractivity contribution in [3.05, 3.63) is 71.8 Å². The molecule has 194 valence electrons. The summed E-state index contributed by atoms with van der Waals surface area (Å²) >= 11 is 0. The number of alkyl halides is 1. The van der Waals surface area contributed by atoms with Gasteiger partial charge in [0.15, 0.2) is 0 Å². The molecule has 1 aliphatic heterocycles. The number of aryl methyl sites for hydroxylation is 1. The predicted molar refractivity (Wildman–Crippen MR) is 135 cm³/mol. The highest BCUT2D eigenvalue weighted by Crippen LogP contribution is 2.35. The second-order valence-corrected chi connectivity index (χ2v) is 8.78. The quantitative estimate of drug-likeness (QED) is 0.323. The maximum absolute atomic E-state index is 13.0. The van der Waals surface area contributed by atoms with Gasteiger partial charge in [-0.15, -0.1) is 0 Å². The van der Waals surface area contributed by atoms with Crippen LogP contribution in [0.2, 0.25) is 0 Å². The third kappa shape index (κ3) is 5.24. The summed E-state index contributed by atoms with van der Waals surface area (Å²) in [5, 5.41) is 4.58. The van der Waals surface area contributed by atoms with Gasteiger partial charge in [0, 0.05) is 35.3 Å². The number of rotatable bonds is 7. The molecular formula is C28H25FN4O5. The monoisotopic (exact) mass is 516 g/mol. The number of carbonyl (C=O) groups is 2. The van der Waals surface area contributed by atoms with E-state index in [0.29, 0.717) is 28.3 Å². The zero-order valence-electron chi connectivity index (χ0n) is 20.9. The summed E-state index contributed by atoms with van der Waals surface area (Å²) < 4.78 is 31.4. The van der Waals surface area contributed by atoms with Gasteiger partial charge in [0.05, 0.1) is 30.6 Å². The molecule has 10 heteroatoms. The van der Waals surface area contributed by atoms with E-state index in [-0.39, 0.29) is 31.9 Å². The average Bonchev–Trinajstić information content (AvgIpc) is 3.36. The number of esters is 2. The summed E-state index contributed by atoms with van der Waals surface area (Å²) in [5.74, 6) is -0.0416. The fraction of sp³-hybridized carbons (Fsp3) is 0.250. The molecule has 4 heterocycles. The van der Waals surface area contributed by atoms with Crippen LogP contribution in [0.5, 0.6) is 17.4 Å². The van der Waals surface area contributed by atoms with E-state index in [4.69, 9.17) is 14.2 Å². The predicted octanol–water partition coefficient (Wildman–Crippen LogP) is 4.78. The minimum absolute atomic E-state index is 0.0634. The Balaban J connectivity index is 1.39. The van der Waals surface area contributed by atoms with Crippen LogP contribution in [-0.2, 0) is 22.7 Å². The van der Waals surface area contributed by atoms with E-state index in [1.165, 1.54) is 0 Å². The van der Waals surface area contributed by atoms with Crippen LogP contribution >= 0.6 is 0 Å². The van der Waals surface area contributed by atoms with Crippen molar-refractivity contribution in [2.45, 2.75) is 39.8 Å². The van der Waals surface area contributed by atoms with Gasteiger partial charge >= 0.3 is 11.9 Å². The highest BCUT2D eigenvalue weighted by atomic mass is 19.1. The van der Waals surface area contributed by atoms with E-state index in [1.807, 2.05) is 30.5 Å². The molecule has 5 rings (SSSR count). The Morgan fingerprint density at radius 2 is 1.66 bits per heavy atom. The molecule has 0 fully saturated rings. The number of hydrogen-bond donors (Lipinski definition) is 0. The SMILES string of the molecule is Cc1c(COc2ccc(-c3nn(CCF)cc3-c3ccncc3)cc2)nc2c(C)c1OC(=O)CCC(=O)O2. The van der Waals surface area contributed by atoms with Gasteiger partial charge in [-0.25, -0.2) is 9.37 Å². The molecule has 1 aromatic carbocycles. The molecule has 0 radical (unpaired) electrons. The van der Waals surface area contributed by atoms with Gasteiger partial charge in [-0.05, 0) is 55.8 Å². The molecular weight excluding hydrogens is 491 g/mol. The van der Waals surface area contributed by atoms with E-state index in [1.54, 1.807) is 43.1 Å². The molecule has 0 saturated heterocycles. The number of ether oxygens (including phenoxy) is 3. The topological polar surface area (TPSA) is 105 Å². The molecule has 0 spiro atoms. The number of nitrogens with zero attached hydrogens (tertiary/aromatic N) is 4. The van der Waals surface area contributed by atoms with Crippen molar-refractivity contribution < 1.29 is 28.2 Å². The lowest BCUT2D eigenvalue weighted by atomic mass is 10.0. The molecule has 0 atom stereocenters. The molecule has 0 amide bonds. The van der Waals surface area contributed by atoms with E-state index >= 15 is 0 Å². The van der Waals surface area contributed by atoms with Gasteiger partial charge < -0.3 is 14.2 Å². The smallest absolute Gasteiger partial charge is 0.313 e. The third-order valence-electron chi connectivity index (χ3n) is 6.20. The summed E-state index contributed by atoms with van der Waals surface area (Å²) in [4.78, 5) is 32.7. The first-order valence-corrected chi connectivity index (χ1v) is 12.1. The molecule has 0 unspecified atom stereocenters. The lowest BCUT2D eigenvalue weighted by molar-refractivity contribution is -0.140. The number of hydrogen-bond acceptors (Lipinski definition) is 8. The minimum Gasteiger partial charge on any atom is -0.487 e. The number of fused-ring (bicyclic) bond motifs is 2. The maximum atomic E-state index is 13.0. The zero-order chi connectivity index (χ0) is 26.6. The van der Waals surface area contributed by atoms with Crippen molar-refractivity contribution in [1.29, 1.82) is 0 Å². The molecule has 1 aliphatic rings. The Hall–Kier alpha value is -4.60. The first-order valence-electron chi connectivity index (χ1n) is 12.1. The number of pyridine rings is 2. The summed E-state index contributed by atoms with van der Waals surface area (Å²) in [5.41, 5.74) is 4.96. The van der Waals surface area contributed by atoms with Crippen LogP contribution in [0.1, 0.15) is 29.7 Å². The van der Waals surface area contributed by atoms with Crippen molar-refractivity contribution in [3.63, 3.8) is 0 Å². The third-order valence-corrected chi connectivity index (χ3v) is 6.20. The zero-order valence-corrected chi connectivity index (χ0v) is 20.9. The van der Waals surface area contributed by atoms with Crippen molar-refractivity contribution in [1.82, 2.24) is 19.7 Å². The molecule has 3 aromatic heterocycles. The maximum Gasteiger partial charge on any atom is 0.313 e. The second-order valence-electron chi connectivity index (χ2n) is 8.78. The number of carbonyl (C=O) groups excluding carboxylic acids is 2. The Morgan fingerprint density at radius 3 is 2.37 bits per heavy atom. The van der Waals surface area contributed by atoms with Gasteiger partial charge in [-0.1, -0.05) is 0 Å². The van der Waals surface area contributed by atoms with Crippen LogP contribution in [0.15, 0.2) is 55.0 Å². The van der Waals surface area contributed by atoms with Gasteiger partial charge in [-0.2, -0.15) is 5.10 Å². The summed E-state index contributed by atoms with van der Waals surface area (Å²) in [6.07, 6.45) is 5.08. The molecule has 38 heavy (non-hydrogen) atoms. The largest absolute Gasteiger partial charge is 0.487 e. The average molecular weight is 517 g/mol. The van der Waals surface area contributed by atoms with Crippen molar-refractivity contribution >= 4 is 11.9 Å². The number of halogens is 1. The fourth-order valence-corrected chi connectivity index (χ4v) is 4.16. The standard InChI is InChI=1S/C28H25FN4O5/c1-17-23(31-28-18(2)27(17)37-24(34)7-8-25(35)38-28)16-36-21-5-3-20(4-6-21)26-22(15-33(32-26)14-11-29)19-9-12-30-13-10-19/h3-6,9-10,12-13,15H,7-8,11,14,16H2,1-2H3. The Kier molecular flexibility index (Phi) is 7.12. The number of benzene rings is 1. The summed E-state index contributed by atoms with van der Waals surface area (Å²) in [6, 6.07) is 11.1. The van der Waals surface area contributed by atoms with Gasteiger partial charge in [-0.3, -0.25) is 19.3 Å². The molecule has 9 nitrogen and oxygen atoms in total. The van der Waals surface area contributed by atoms with Crippen LogP contribution in [0, 0.1) is 13.8 Å². The number of aromatic nitrogens is 4. The summed E-state index contributed by atoms with van der Waals surface area (Å²) in [6.45, 7) is 3.18. The first kappa shape index (κ1) is 25.1. The highest BCUT2D eigenvalue weighted by Gasteiger charge is 2.24. The lowest BCUT2D eigenvalue weighted by Crippen LogP contribution is -2.12. The van der Waals surface area contributed by atoms with Crippen LogP contribution in [0.4, 0.5) is 4.39 Å². The molecule has 0 N–H and O–H groups in total. The Morgan fingerprint density at radius 1 is 0.947 bits per heavy atom. The van der Waals surface area contributed by atoms with Crippen LogP contribution < -0.4 is 14.2 Å². The van der Waals surface area contributed by atoms with Crippen LogP contribution in [0.25, 0.3) is 22.4 Å². The van der Waals surface area contributed by atoms with Crippen molar-refractivity contribution in [3.8, 4) is 39.8 Å². The second kappa shape index (κ2) is 10.8. The van der Waals surface area contributed by atoms with Crippen LogP contribution in [0.3, 0.4) is 0 Å². The van der Waals surface area contributed by atoms with E-state index in [2.05, 4.69) is 15.1 Å². The fourth-order valence-electron chi connectivity index (χ4n) is 4.16. The van der Waals surface area contributed by atoms with Crippen molar-refractivity contribution in [2.75, 3.05) is 6.67 Å². The highest BCUT2D eigenvalue weighted by molar-refractivity contribution is 5.82. The van der Waals surface area contributed by atoms with Crippen LogP contribution in [-0.4, -0.2) is 38.4 Å². The van der Waals surface area contributed by atoms with E-state index in [9.17, 15) is 14.0 Å². The lowest BCUT2D eigenvalue weighted by Gasteiger charge is -2.16. The van der Waals surface area contributed by atoms with Gasteiger partial charge in [0.25, 0.3) is 0 Å². The van der Waals surface area contributed by atoms with Crippen molar-refractivity contribution in [2.24, 2.45) is 0 Å². The normalized spacial score (nSPS) is 13.2. The van der Waals surface area contributed by atoms with Gasteiger partial charge in [0.2, 0.25) is 5.88 Å². The molecule has 0 saturated carbocycles. The Labute approximate surface area is 218 Å².